The van der Waals surface area contributed by atoms with Crippen molar-refractivity contribution in [2.45, 2.75) is 46.0 Å². The van der Waals surface area contributed by atoms with E-state index < -0.39 is 0 Å². The monoisotopic (exact) mass is 469 g/mol. The molecule has 4 rings (SSSR count). The number of thiocarbonyl (C=S) groups is 1. The summed E-state index contributed by atoms with van der Waals surface area (Å²) in [6.45, 7) is 9.78. The molecule has 0 aliphatic carbocycles. The summed E-state index contributed by atoms with van der Waals surface area (Å²) in [4.78, 5) is 17.5. The Hall–Kier alpha value is -2.11. The summed E-state index contributed by atoms with van der Waals surface area (Å²) in [5.74, 6) is 0.0794. The molecule has 0 aromatic heterocycles. The first-order valence-electron chi connectivity index (χ1n) is 11.4. The summed E-state index contributed by atoms with van der Waals surface area (Å²) < 4.78 is 0. The fraction of sp³-hybridized carbons (Fsp3) is 0.462. The number of halogens is 1. The molecule has 4 nitrogen and oxygen atoms in total. The minimum atomic E-state index is -0.142. The van der Waals surface area contributed by atoms with E-state index >= 15 is 0 Å². The van der Waals surface area contributed by atoms with Gasteiger partial charge < -0.3 is 15.1 Å². The highest BCUT2D eigenvalue weighted by Gasteiger charge is 2.43. The number of piperidine rings is 1. The molecule has 2 aromatic carbocycles. The Kier molecular flexibility index (Phi) is 6.78. The first-order chi connectivity index (χ1) is 15.2. The molecule has 6 heteroatoms. The lowest BCUT2D eigenvalue weighted by Gasteiger charge is -2.40. The summed E-state index contributed by atoms with van der Waals surface area (Å²) in [5.41, 5.74) is 4.77. The number of nitrogens with one attached hydrogen (secondary N) is 1. The van der Waals surface area contributed by atoms with Gasteiger partial charge in [-0.2, -0.15) is 0 Å². The van der Waals surface area contributed by atoms with Crippen molar-refractivity contribution in [3.8, 4) is 0 Å². The van der Waals surface area contributed by atoms with E-state index in [2.05, 4.69) is 47.2 Å². The number of anilines is 1. The molecule has 2 aliphatic rings. The van der Waals surface area contributed by atoms with Gasteiger partial charge in [0.1, 0.15) is 0 Å². The standard InChI is InChI=1S/C26H32ClN3OS/c1-18-14-19(2)16-23(15-18)28-25(32)29-11-8-26(9-12-29)10-13-30(17-26)24(31)20(3)21-4-6-22(27)7-5-21/h4-7,14-16,20H,8-13,17H2,1-3H3,(H,28,32). The van der Waals surface area contributed by atoms with Crippen LogP contribution in [0.3, 0.4) is 0 Å². The minimum Gasteiger partial charge on any atom is -0.349 e. The molecule has 0 bridgehead atoms. The highest BCUT2D eigenvalue weighted by molar-refractivity contribution is 7.80. The molecule has 32 heavy (non-hydrogen) atoms. The Bertz CT molecular complexity index is 978. The normalized spacial score (nSPS) is 18.6. The predicted molar refractivity (Wildman–Crippen MR) is 136 cm³/mol. The van der Waals surface area contributed by atoms with E-state index in [1.807, 2.05) is 31.2 Å². The number of nitrogens with zero attached hydrogens (tertiary/aromatic N) is 2. The second-order valence-electron chi connectivity index (χ2n) is 9.58. The molecule has 0 saturated carbocycles. The third-order valence-electron chi connectivity index (χ3n) is 7.07. The highest BCUT2D eigenvalue weighted by Crippen LogP contribution is 2.41. The number of aryl methyl sites for hydroxylation is 2. The Morgan fingerprint density at radius 1 is 1.00 bits per heavy atom. The van der Waals surface area contributed by atoms with E-state index in [-0.39, 0.29) is 17.2 Å². The van der Waals surface area contributed by atoms with Gasteiger partial charge in [0.05, 0.1) is 5.92 Å². The van der Waals surface area contributed by atoms with Crippen LogP contribution in [0, 0.1) is 19.3 Å². The van der Waals surface area contributed by atoms with Gasteiger partial charge in [0.2, 0.25) is 5.91 Å². The molecular weight excluding hydrogens is 438 g/mol. The number of hydrogen-bond donors (Lipinski definition) is 1. The van der Waals surface area contributed by atoms with E-state index in [9.17, 15) is 4.79 Å². The van der Waals surface area contributed by atoms with Crippen molar-refractivity contribution in [3.63, 3.8) is 0 Å². The molecule has 1 amide bonds. The Morgan fingerprint density at radius 3 is 2.16 bits per heavy atom. The quantitative estimate of drug-likeness (QED) is 0.578. The predicted octanol–water partition coefficient (Wildman–Crippen LogP) is 5.77. The van der Waals surface area contributed by atoms with Gasteiger partial charge in [-0.3, -0.25) is 4.79 Å². The number of rotatable bonds is 3. The average molecular weight is 470 g/mol. The maximum atomic E-state index is 13.1. The summed E-state index contributed by atoms with van der Waals surface area (Å²) in [6, 6.07) is 14.1. The third kappa shape index (κ3) is 5.10. The molecule has 2 fully saturated rings. The zero-order valence-corrected chi connectivity index (χ0v) is 20.7. The molecule has 0 radical (unpaired) electrons. The lowest BCUT2D eigenvalue weighted by atomic mass is 9.78. The number of carbonyl (C=O) groups is 1. The van der Waals surface area contributed by atoms with E-state index in [1.54, 1.807) is 0 Å². The highest BCUT2D eigenvalue weighted by atomic mass is 35.5. The molecule has 2 heterocycles. The smallest absolute Gasteiger partial charge is 0.229 e. The first kappa shape index (κ1) is 23.1. The summed E-state index contributed by atoms with van der Waals surface area (Å²) in [7, 11) is 0. The van der Waals surface area contributed by atoms with E-state index in [0.717, 1.165) is 61.8 Å². The van der Waals surface area contributed by atoms with Gasteiger partial charge in [0, 0.05) is 36.9 Å². The van der Waals surface area contributed by atoms with Crippen LogP contribution in [0.15, 0.2) is 42.5 Å². The molecule has 1 N–H and O–H groups in total. The second kappa shape index (κ2) is 9.40. The van der Waals surface area contributed by atoms with Gasteiger partial charge in [-0.05, 0) is 98.6 Å². The molecule has 1 atom stereocenters. The van der Waals surface area contributed by atoms with Gasteiger partial charge in [-0.15, -0.1) is 0 Å². The maximum Gasteiger partial charge on any atom is 0.229 e. The zero-order chi connectivity index (χ0) is 22.9. The van der Waals surface area contributed by atoms with Crippen molar-refractivity contribution in [2.24, 2.45) is 5.41 Å². The summed E-state index contributed by atoms with van der Waals surface area (Å²) in [6.07, 6.45) is 3.22. The SMILES string of the molecule is Cc1cc(C)cc(NC(=S)N2CCC3(CCN(C(=O)C(C)c4ccc(Cl)cc4)C3)CC2)c1. The van der Waals surface area contributed by atoms with Crippen LogP contribution in [0.4, 0.5) is 5.69 Å². The van der Waals surface area contributed by atoms with Crippen LogP contribution in [-0.4, -0.2) is 47.0 Å². The lowest BCUT2D eigenvalue weighted by molar-refractivity contribution is -0.131. The van der Waals surface area contributed by atoms with Crippen LogP contribution < -0.4 is 5.32 Å². The van der Waals surface area contributed by atoms with Crippen molar-refractivity contribution in [3.05, 3.63) is 64.2 Å². The largest absolute Gasteiger partial charge is 0.349 e. The number of hydrogen-bond acceptors (Lipinski definition) is 2. The number of carbonyl (C=O) groups excluding carboxylic acids is 1. The van der Waals surface area contributed by atoms with Crippen LogP contribution in [0.5, 0.6) is 0 Å². The van der Waals surface area contributed by atoms with E-state index in [1.165, 1.54) is 11.1 Å². The van der Waals surface area contributed by atoms with Crippen LogP contribution in [-0.2, 0) is 4.79 Å². The van der Waals surface area contributed by atoms with Crippen LogP contribution in [0.25, 0.3) is 0 Å². The van der Waals surface area contributed by atoms with Crippen molar-refractivity contribution >= 4 is 40.5 Å². The first-order valence-corrected chi connectivity index (χ1v) is 12.2. The summed E-state index contributed by atoms with van der Waals surface area (Å²) >= 11 is 11.7. The van der Waals surface area contributed by atoms with Crippen LogP contribution >= 0.6 is 23.8 Å². The topological polar surface area (TPSA) is 35.6 Å². The van der Waals surface area contributed by atoms with E-state index in [4.69, 9.17) is 23.8 Å². The molecule has 1 spiro atoms. The van der Waals surface area contributed by atoms with Crippen LogP contribution in [0.2, 0.25) is 5.02 Å². The maximum absolute atomic E-state index is 13.1. The molecule has 170 valence electrons. The van der Waals surface area contributed by atoms with Crippen LogP contribution in [0.1, 0.15) is 48.8 Å². The van der Waals surface area contributed by atoms with Gasteiger partial charge in [-0.1, -0.05) is 29.8 Å². The molecule has 2 aliphatic heterocycles. The molecule has 2 aromatic rings. The number of likely N-dealkylation sites (tertiary alicyclic amines) is 2. The summed E-state index contributed by atoms with van der Waals surface area (Å²) in [5, 5.41) is 4.92. The number of amides is 1. The minimum absolute atomic E-state index is 0.142. The van der Waals surface area contributed by atoms with Crippen molar-refractivity contribution < 1.29 is 4.79 Å². The Labute approximate surface area is 201 Å². The van der Waals surface area contributed by atoms with Crippen molar-refractivity contribution in [2.75, 3.05) is 31.5 Å². The van der Waals surface area contributed by atoms with Gasteiger partial charge in [0.25, 0.3) is 0 Å². The van der Waals surface area contributed by atoms with Crippen molar-refractivity contribution in [1.82, 2.24) is 9.80 Å². The number of benzene rings is 2. The van der Waals surface area contributed by atoms with Gasteiger partial charge >= 0.3 is 0 Å². The fourth-order valence-corrected chi connectivity index (χ4v) is 5.56. The van der Waals surface area contributed by atoms with Gasteiger partial charge in [0.15, 0.2) is 5.11 Å². The average Bonchev–Trinajstić information content (AvgIpc) is 3.16. The van der Waals surface area contributed by atoms with Crippen molar-refractivity contribution in [1.29, 1.82) is 0 Å². The molecular formula is C26H32ClN3OS. The fourth-order valence-electron chi connectivity index (χ4n) is 5.13. The molecule has 2 saturated heterocycles. The zero-order valence-electron chi connectivity index (χ0n) is 19.2. The Balaban J connectivity index is 1.32. The second-order valence-corrected chi connectivity index (χ2v) is 10.4. The lowest BCUT2D eigenvalue weighted by Crippen LogP contribution is -2.46. The molecule has 1 unspecified atom stereocenters. The Morgan fingerprint density at radius 2 is 1.56 bits per heavy atom. The van der Waals surface area contributed by atoms with E-state index in [0.29, 0.717) is 5.02 Å². The third-order valence-corrected chi connectivity index (χ3v) is 7.69. The van der Waals surface area contributed by atoms with Gasteiger partial charge in [-0.25, -0.2) is 0 Å².